The molecule has 0 saturated heterocycles. The Labute approximate surface area is 104 Å². The largest absolute Gasteiger partial charge is 0.288 e. The lowest BCUT2D eigenvalue weighted by atomic mass is 10.1. The minimum atomic E-state index is -0.0875. The Bertz CT molecular complexity index is 512. The summed E-state index contributed by atoms with van der Waals surface area (Å²) in [5.41, 5.74) is 1.11. The van der Waals surface area contributed by atoms with Gasteiger partial charge in [0.05, 0.1) is 5.02 Å². The van der Waals surface area contributed by atoms with Crippen LogP contribution in [0.25, 0.3) is 0 Å². The maximum atomic E-state index is 12.0. The van der Waals surface area contributed by atoms with Crippen LogP contribution >= 0.6 is 38.9 Å². The number of nitrogens with zero attached hydrogens (tertiary/aromatic N) is 1. The first kappa shape index (κ1) is 10.8. The highest BCUT2D eigenvalue weighted by Gasteiger charge is 2.15. The van der Waals surface area contributed by atoms with Gasteiger partial charge in [0.2, 0.25) is 0 Å². The molecule has 0 unspecified atom stereocenters. The fourth-order valence-corrected chi connectivity index (χ4v) is 2.81. The average Bonchev–Trinajstić information content (AvgIpc) is 2.64. The first-order valence-electron chi connectivity index (χ1n) is 4.06. The molecule has 0 spiro atoms. The minimum Gasteiger partial charge on any atom is -0.288 e. The Morgan fingerprint density at radius 1 is 1.40 bits per heavy atom. The summed E-state index contributed by atoms with van der Waals surface area (Å²) in [5.74, 6) is -0.0875. The van der Waals surface area contributed by atoms with E-state index >= 15 is 0 Å². The second kappa shape index (κ2) is 4.43. The first-order chi connectivity index (χ1) is 7.20. The Morgan fingerprint density at radius 2 is 2.20 bits per heavy atom. The number of pyridine rings is 1. The zero-order valence-electron chi connectivity index (χ0n) is 7.41. The van der Waals surface area contributed by atoms with E-state index in [0.717, 1.165) is 4.47 Å². The van der Waals surface area contributed by atoms with E-state index in [1.54, 1.807) is 17.6 Å². The van der Waals surface area contributed by atoms with E-state index in [1.807, 2.05) is 5.38 Å². The maximum absolute atomic E-state index is 12.0. The van der Waals surface area contributed by atoms with Gasteiger partial charge in [-0.15, -0.1) is 0 Å². The third kappa shape index (κ3) is 2.12. The highest BCUT2D eigenvalue weighted by atomic mass is 79.9. The first-order valence-corrected chi connectivity index (χ1v) is 6.17. The van der Waals surface area contributed by atoms with Gasteiger partial charge in [0.15, 0.2) is 5.78 Å². The highest BCUT2D eigenvalue weighted by molar-refractivity contribution is 9.10. The van der Waals surface area contributed by atoms with E-state index in [1.165, 1.54) is 17.5 Å². The van der Waals surface area contributed by atoms with Crippen LogP contribution in [-0.2, 0) is 0 Å². The molecule has 76 valence electrons. The summed E-state index contributed by atoms with van der Waals surface area (Å²) in [6.07, 6.45) is 3.02. The van der Waals surface area contributed by atoms with Gasteiger partial charge in [0.1, 0.15) is 0 Å². The Balaban J connectivity index is 2.46. The molecule has 0 bridgehead atoms. The number of thiophene rings is 1. The van der Waals surface area contributed by atoms with Crippen LogP contribution in [0.1, 0.15) is 15.9 Å². The van der Waals surface area contributed by atoms with Crippen LogP contribution in [0.4, 0.5) is 0 Å². The number of hydrogen-bond donors (Lipinski definition) is 0. The number of ketones is 1. The van der Waals surface area contributed by atoms with Crippen LogP contribution in [-0.4, -0.2) is 10.8 Å². The number of aromatic nitrogens is 1. The van der Waals surface area contributed by atoms with Crippen LogP contribution in [0.15, 0.2) is 33.7 Å². The molecule has 2 heterocycles. The molecule has 0 aliphatic rings. The van der Waals surface area contributed by atoms with Crippen molar-refractivity contribution >= 4 is 44.7 Å². The molecule has 5 heteroatoms. The predicted octanol–water partition coefficient (Wildman–Crippen LogP) is 3.79. The van der Waals surface area contributed by atoms with Gasteiger partial charge < -0.3 is 0 Å². The van der Waals surface area contributed by atoms with Crippen LogP contribution < -0.4 is 0 Å². The van der Waals surface area contributed by atoms with Crippen molar-refractivity contribution in [1.82, 2.24) is 4.98 Å². The minimum absolute atomic E-state index is 0.0875. The molecule has 0 saturated carbocycles. The number of hydrogen-bond acceptors (Lipinski definition) is 3. The number of halogens is 2. The molecule has 0 N–H and O–H groups in total. The molecule has 0 fully saturated rings. The van der Waals surface area contributed by atoms with Gasteiger partial charge >= 0.3 is 0 Å². The molecule has 2 rings (SSSR count). The van der Waals surface area contributed by atoms with Gasteiger partial charge in [-0.05, 0) is 22.0 Å². The van der Waals surface area contributed by atoms with Crippen molar-refractivity contribution in [3.63, 3.8) is 0 Å². The summed E-state index contributed by atoms with van der Waals surface area (Å²) in [7, 11) is 0. The molecule has 2 aromatic heterocycles. The van der Waals surface area contributed by atoms with Crippen molar-refractivity contribution in [1.29, 1.82) is 0 Å². The molecule has 0 amide bonds. The maximum Gasteiger partial charge on any atom is 0.196 e. The van der Waals surface area contributed by atoms with E-state index in [9.17, 15) is 4.79 Å². The second-order valence-corrected chi connectivity index (χ2v) is 4.82. The normalized spacial score (nSPS) is 10.3. The van der Waals surface area contributed by atoms with Crippen LogP contribution in [0.2, 0.25) is 5.02 Å². The standard InChI is InChI=1S/C10H5BrClNOS/c11-8-5-15-4-7(8)10(14)6-1-2-13-3-9(6)12/h1-5H. The van der Waals surface area contributed by atoms with Crippen LogP contribution in [0, 0.1) is 0 Å². The molecule has 0 atom stereocenters. The zero-order valence-corrected chi connectivity index (χ0v) is 10.6. The van der Waals surface area contributed by atoms with Crippen molar-refractivity contribution in [3.05, 3.63) is 49.8 Å². The van der Waals surface area contributed by atoms with Gasteiger partial charge in [-0.25, -0.2) is 0 Å². The summed E-state index contributed by atoms with van der Waals surface area (Å²) in [6.45, 7) is 0. The molecule has 0 aromatic carbocycles. The quantitative estimate of drug-likeness (QED) is 0.790. The third-order valence-electron chi connectivity index (χ3n) is 1.88. The lowest BCUT2D eigenvalue weighted by molar-refractivity contribution is 0.103. The fraction of sp³-hybridized carbons (Fsp3) is 0. The molecule has 15 heavy (non-hydrogen) atoms. The van der Waals surface area contributed by atoms with Crippen molar-refractivity contribution < 1.29 is 4.79 Å². The number of carbonyl (C=O) groups excluding carboxylic acids is 1. The summed E-state index contributed by atoms with van der Waals surface area (Å²) in [4.78, 5) is 15.9. The van der Waals surface area contributed by atoms with Gasteiger partial charge in [0, 0.05) is 38.8 Å². The van der Waals surface area contributed by atoms with Crippen molar-refractivity contribution in [2.24, 2.45) is 0 Å². The Morgan fingerprint density at radius 3 is 2.80 bits per heavy atom. The van der Waals surface area contributed by atoms with Crippen LogP contribution in [0.5, 0.6) is 0 Å². The smallest absolute Gasteiger partial charge is 0.196 e. The molecular weight excluding hydrogens is 298 g/mol. The van der Waals surface area contributed by atoms with Gasteiger partial charge in [-0.1, -0.05) is 11.6 Å². The van der Waals surface area contributed by atoms with E-state index in [2.05, 4.69) is 20.9 Å². The number of carbonyl (C=O) groups is 1. The average molecular weight is 303 g/mol. The second-order valence-electron chi connectivity index (χ2n) is 2.82. The highest BCUT2D eigenvalue weighted by Crippen LogP contribution is 2.26. The Hall–Kier alpha value is -0.710. The molecular formula is C10H5BrClNOS. The summed E-state index contributed by atoms with van der Waals surface area (Å²) >= 11 is 10.7. The SMILES string of the molecule is O=C(c1ccncc1Cl)c1cscc1Br. The zero-order chi connectivity index (χ0) is 10.8. The summed E-state index contributed by atoms with van der Waals surface area (Å²) < 4.78 is 0.797. The van der Waals surface area contributed by atoms with Crippen molar-refractivity contribution in [3.8, 4) is 0 Å². The van der Waals surface area contributed by atoms with E-state index in [-0.39, 0.29) is 5.78 Å². The van der Waals surface area contributed by atoms with E-state index in [0.29, 0.717) is 16.1 Å². The Kier molecular flexibility index (Phi) is 3.19. The third-order valence-corrected chi connectivity index (χ3v) is 3.88. The molecule has 0 aliphatic carbocycles. The summed E-state index contributed by atoms with van der Waals surface area (Å²) in [5, 5.41) is 4.03. The lowest BCUT2D eigenvalue weighted by Gasteiger charge is -2.01. The number of rotatable bonds is 2. The van der Waals surface area contributed by atoms with E-state index in [4.69, 9.17) is 11.6 Å². The molecule has 0 aliphatic heterocycles. The fourth-order valence-electron chi connectivity index (χ4n) is 1.15. The van der Waals surface area contributed by atoms with Crippen LogP contribution in [0.3, 0.4) is 0 Å². The molecule has 0 radical (unpaired) electrons. The van der Waals surface area contributed by atoms with Crippen molar-refractivity contribution in [2.75, 3.05) is 0 Å². The van der Waals surface area contributed by atoms with Gasteiger partial charge in [-0.2, -0.15) is 11.3 Å². The van der Waals surface area contributed by atoms with Gasteiger partial charge in [0.25, 0.3) is 0 Å². The van der Waals surface area contributed by atoms with Crippen molar-refractivity contribution in [2.45, 2.75) is 0 Å². The van der Waals surface area contributed by atoms with E-state index < -0.39 is 0 Å². The summed E-state index contributed by atoms with van der Waals surface area (Å²) in [6, 6.07) is 1.62. The van der Waals surface area contributed by atoms with Gasteiger partial charge in [-0.3, -0.25) is 9.78 Å². The monoisotopic (exact) mass is 301 g/mol. The topological polar surface area (TPSA) is 30.0 Å². The lowest BCUT2D eigenvalue weighted by Crippen LogP contribution is -2.01. The predicted molar refractivity (Wildman–Crippen MR) is 64.7 cm³/mol. The molecule has 2 aromatic rings. The molecule has 2 nitrogen and oxygen atoms in total.